The molecule has 1 unspecified atom stereocenters. The molecule has 0 spiro atoms. The molecule has 0 N–H and O–H groups in total. The summed E-state index contributed by atoms with van der Waals surface area (Å²) < 4.78 is 0. The lowest BCUT2D eigenvalue weighted by atomic mass is 9.69. The zero-order valence-electron chi connectivity index (χ0n) is 9.64. The maximum atomic E-state index is 3.83. The topological polar surface area (TPSA) is 0 Å². The van der Waals surface area contributed by atoms with Crippen molar-refractivity contribution in [2.24, 2.45) is 17.3 Å². The van der Waals surface area contributed by atoms with Gasteiger partial charge in [0.1, 0.15) is 0 Å². The number of hydrogen-bond donors (Lipinski definition) is 0. The lowest BCUT2D eigenvalue weighted by molar-refractivity contribution is 0.161. The highest BCUT2D eigenvalue weighted by molar-refractivity contribution is 4.89. The van der Waals surface area contributed by atoms with E-state index in [2.05, 4.69) is 40.9 Å². The van der Waals surface area contributed by atoms with Crippen molar-refractivity contribution in [3.05, 3.63) is 25.3 Å². The highest BCUT2D eigenvalue weighted by Crippen LogP contribution is 2.38. The second-order valence-corrected chi connectivity index (χ2v) is 4.86. The van der Waals surface area contributed by atoms with Crippen molar-refractivity contribution < 1.29 is 0 Å². The smallest absolute Gasteiger partial charge is 0.0286 e. The summed E-state index contributed by atoms with van der Waals surface area (Å²) in [6, 6.07) is 0. The van der Waals surface area contributed by atoms with Crippen molar-refractivity contribution in [2.75, 3.05) is 0 Å². The Morgan fingerprint density at radius 1 is 1.15 bits per heavy atom. The predicted octanol–water partition coefficient (Wildman–Crippen LogP) is 4.44. The van der Waals surface area contributed by atoms with E-state index in [-0.39, 0.29) is 0 Å². The summed E-state index contributed by atoms with van der Waals surface area (Å²) in [5.41, 5.74) is 0.351. The maximum Gasteiger partial charge on any atom is -0.0286 e. The van der Waals surface area contributed by atoms with Crippen LogP contribution in [0.1, 0.15) is 40.5 Å². The fourth-order valence-electron chi connectivity index (χ4n) is 2.20. The van der Waals surface area contributed by atoms with Crippen LogP contribution < -0.4 is 0 Å². The molecule has 0 rings (SSSR count). The van der Waals surface area contributed by atoms with Crippen LogP contribution in [-0.2, 0) is 0 Å². The van der Waals surface area contributed by atoms with E-state index in [4.69, 9.17) is 0 Å². The SMILES string of the molecule is C=CCC(C(C)C)C(C)(C)CC=C. The third kappa shape index (κ3) is 3.80. The van der Waals surface area contributed by atoms with Gasteiger partial charge in [0.25, 0.3) is 0 Å². The largest absolute Gasteiger partial charge is 0.103 e. The zero-order valence-corrected chi connectivity index (χ0v) is 9.64. The molecule has 0 saturated carbocycles. The Hall–Kier alpha value is -0.520. The van der Waals surface area contributed by atoms with Crippen LogP contribution in [0.2, 0.25) is 0 Å². The molecule has 0 heteroatoms. The first-order chi connectivity index (χ1) is 5.95. The van der Waals surface area contributed by atoms with Gasteiger partial charge >= 0.3 is 0 Å². The Balaban J connectivity index is 4.49. The van der Waals surface area contributed by atoms with Crippen molar-refractivity contribution >= 4 is 0 Å². The molecule has 0 radical (unpaired) electrons. The molecule has 0 aliphatic heterocycles. The van der Waals surface area contributed by atoms with Gasteiger partial charge in [0.2, 0.25) is 0 Å². The van der Waals surface area contributed by atoms with Gasteiger partial charge in [-0.25, -0.2) is 0 Å². The Kier molecular flexibility index (Phi) is 5.05. The first kappa shape index (κ1) is 12.5. The monoisotopic (exact) mass is 180 g/mol. The van der Waals surface area contributed by atoms with Gasteiger partial charge in [-0.15, -0.1) is 13.2 Å². The van der Waals surface area contributed by atoms with Gasteiger partial charge in [-0.1, -0.05) is 39.8 Å². The predicted molar refractivity (Wildman–Crippen MR) is 61.7 cm³/mol. The minimum Gasteiger partial charge on any atom is -0.103 e. The van der Waals surface area contributed by atoms with Crippen molar-refractivity contribution in [3.63, 3.8) is 0 Å². The second kappa shape index (κ2) is 5.26. The van der Waals surface area contributed by atoms with Gasteiger partial charge in [-0.2, -0.15) is 0 Å². The van der Waals surface area contributed by atoms with Crippen LogP contribution in [-0.4, -0.2) is 0 Å². The van der Waals surface area contributed by atoms with E-state index in [1.807, 2.05) is 12.2 Å². The Morgan fingerprint density at radius 2 is 1.69 bits per heavy atom. The van der Waals surface area contributed by atoms with Crippen LogP contribution in [0.15, 0.2) is 25.3 Å². The summed E-state index contributed by atoms with van der Waals surface area (Å²) in [6.07, 6.45) is 6.26. The fourth-order valence-corrected chi connectivity index (χ4v) is 2.20. The molecule has 0 saturated heterocycles. The molecule has 13 heavy (non-hydrogen) atoms. The van der Waals surface area contributed by atoms with E-state index in [1.165, 1.54) is 0 Å². The number of rotatable bonds is 6. The van der Waals surface area contributed by atoms with Gasteiger partial charge in [-0.05, 0) is 30.1 Å². The van der Waals surface area contributed by atoms with Crippen molar-refractivity contribution in [1.29, 1.82) is 0 Å². The summed E-state index contributed by atoms with van der Waals surface area (Å²) in [4.78, 5) is 0. The minimum atomic E-state index is 0.351. The van der Waals surface area contributed by atoms with E-state index >= 15 is 0 Å². The molecule has 0 aliphatic carbocycles. The molecule has 0 amide bonds. The summed E-state index contributed by atoms with van der Waals surface area (Å²) >= 11 is 0. The van der Waals surface area contributed by atoms with Gasteiger partial charge in [0, 0.05) is 0 Å². The third-order valence-corrected chi connectivity index (χ3v) is 2.90. The zero-order chi connectivity index (χ0) is 10.5. The van der Waals surface area contributed by atoms with E-state index < -0.39 is 0 Å². The van der Waals surface area contributed by atoms with Crippen LogP contribution in [0.25, 0.3) is 0 Å². The van der Waals surface area contributed by atoms with Crippen molar-refractivity contribution in [2.45, 2.75) is 40.5 Å². The van der Waals surface area contributed by atoms with Gasteiger partial charge in [0.05, 0.1) is 0 Å². The van der Waals surface area contributed by atoms with Gasteiger partial charge in [0.15, 0.2) is 0 Å². The molecule has 76 valence electrons. The molecule has 0 heterocycles. The van der Waals surface area contributed by atoms with Crippen molar-refractivity contribution in [3.8, 4) is 0 Å². The Labute approximate surface area is 83.7 Å². The summed E-state index contributed by atoms with van der Waals surface area (Å²) in [6.45, 7) is 16.9. The third-order valence-electron chi connectivity index (χ3n) is 2.90. The lowest BCUT2D eigenvalue weighted by Crippen LogP contribution is -2.27. The Bertz CT molecular complexity index is 163. The molecule has 0 aliphatic rings. The Morgan fingerprint density at radius 3 is 2.00 bits per heavy atom. The molecule has 0 aromatic rings. The molecular weight excluding hydrogens is 156 g/mol. The standard InChI is InChI=1S/C13H24/c1-7-9-12(11(3)4)13(5,6)10-8-2/h7-8,11-12H,1-2,9-10H2,3-6H3. The average molecular weight is 180 g/mol. The molecule has 0 nitrogen and oxygen atoms in total. The molecule has 0 fully saturated rings. The molecule has 0 bridgehead atoms. The van der Waals surface area contributed by atoms with Crippen molar-refractivity contribution in [1.82, 2.24) is 0 Å². The maximum absolute atomic E-state index is 3.83. The van der Waals surface area contributed by atoms with Gasteiger partial charge < -0.3 is 0 Å². The van der Waals surface area contributed by atoms with Crippen LogP contribution >= 0.6 is 0 Å². The highest BCUT2D eigenvalue weighted by Gasteiger charge is 2.29. The average Bonchev–Trinajstić information content (AvgIpc) is 1.99. The van der Waals surface area contributed by atoms with Crippen LogP contribution in [0, 0.1) is 17.3 Å². The highest BCUT2D eigenvalue weighted by atomic mass is 14.3. The molecular formula is C13H24. The van der Waals surface area contributed by atoms with E-state index in [1.54, 1.807) is 0 Å². The van der Waals surface area contributed by atoms with Crippen LogP contribution in [0.3, 0.4) is 0 Å². The van der Waals surface area contributed by atoms with Gasteiger partial charge in [-0.3, -0.25) is 0 Å². The first-order valence-corrected chi connectivity index (χ1v) is 5.17. The minimum absolute atomic E-state index is 0.351. The molecule has 0 aromatic carbocycles. The molecule has 1 atom stereocenters. The van der Waals surface area contributed by atoms with Crippen LogP contribution in [0.4, 0.5) is 0 Å². The lowest BCUT2D eigenvalue weighted by Gasteiger charge is -2.36. The van der Waals surface area contributed by atoms with E-state index in [0.29, 0.717) is 17.3 Å². The van der Waals surface area contributed by atoms with E-state index in [9.17, 15) is 0 Å². The van der Waals surface area contributed by atoms with E-state index in [0.717, 1.165) is 12.8 Å². The summed E-state index contributed by atoms with van der Waals surface area (Å²) in [5, 5.41) is 0. The second-order valence-electron chi connectivity index (χ2n) is 4.86. The number of allylic oxidation sites excluding steroid dienone is 2. The normalized spacial score (nSPS) is 14.2. The quantitative estimate of drug-likeness (QED) is 0.530. The fraction of sp³-hybridized carbons (Fsp3) is 0.692. The molecule has 0 aromatic heterocycles. The summed E-state index contributed by atoms with van der Waals surface area (Å²) in [7, 11) is 0. The first-order valence-electron chi connectivity index (χ1n) is 5.17. The summed E-state index contributed by atoms with van der Waals surface area (Å²) in [5.74, 6) is 1.43. The number of hydrogen-bond acceptors (Lipinski definition) is 0. The van der Waals surface area contributed by atoms with Crippen LogP contribution in [0.5, 0.6) is 0 Å².